The molecule has 0 spiro atoms. The maximum absolute atomic E-state index is 13.6. The fourth-order valence-electron chi connectivity index (χ4n) is 2.45. The zero-order valence-electron chi connectivity index (χ0n) is 10.4. The molecule has 7 heteroatoms. The van der Waals surface area contributed by atoms with Gasteiger partial charge in [0.15, 0.2) is 5.82 Å². The zero-order valence-corrected chi connectivity index (χ0v) is 11.2. The van der Waals surface area contributed by atoms with E-state index >= 15 is 0 Å². The molecule has 0 aliphatic heterocycles. The minimum Gasteiger partial charge on any atom is -0.379 e. The molecule has 1 aliphatic rings. The fourth-order valence-corrected chi connectivity index (χ4v) is 2.70. The molecule has 1 aliphatic carbocycles. The van der Waals surface area contributed by atoms with Crippen LogP contribution in [0.3, 0.4) is 0 Å². The summed E-state index contributed by atoms with van der Waals surface area (Å²) in [7, 11) is 0. The molecule has 1 aromatic rings. The van der Waals surface area contributed by atoms with Crippen molar-refractivity contribution in [3.8, 4) is 0 Å². The molecule has 1 saturated carbocycles. The standard InChI is InChI=1S/C13H13ClF5N/c14-10-5-8(15)6-11(16)12(10)20-9-3-1-7(2-4-9)13(17,18)19/h5-7,9,20H,1-4H2. The van der Waals surface area contributed by atoms with Gasteiger partial charge < -0.3 is 5.32 Å². The van der Waals surface area contributed by atoms with Crippen LogP contribution in [-0.4, -0.2) is 12.2 Å². The summed E-state index contributed by atoms with van der Waals surface area (Å²) >= 11 is 5.73. The highest BCUT2D eigenvalue weighted by molar-refractivity contribution is 6.33. The van der Waals surface area contributed by atoms with Crippen LogP contribution in [0.25, 0.3) is 0 Å². The van der Waals surface area contributed by atoms with Gasteiger partial charge in [-0.05, 0) is 31.7 Å². The smallest absolute Gasteiger partial charge is 0.379 e. The number of halogens is 6. The molecule has 1 fully saturated rings. The number of alkyl halides is 3. The van der Waals surface area contributed by atoms with Gasteiger partial charge in [-0.3, -0.25) is 0 Å². The Kier molecular flexibility index (Phi) is 4.42. The van der Waals surface area contributed by atoms with Crippen molar-refractivity contribution in [2.45, 2.75) is 37.9 Å². The molecular weight excluding hydrogens is 301 g/mol. The summed E-state index contributed by atoms with van der Waals surface area (Å²) in [5.74, 6) is -2.93. The maximum Gasteiger partial charge on any atom is 0.391 e. The Morgan fingerprint density at radius 2 is 1.65 bits per heavy atom. The molecule has 0 radical (unpaired) electrons. The topological polar surface area (TPSA) is 12.0 Å². The first-order valence-corrected chi connectivity index (χ1v) is 6.63. The number of rotatable bonds is 2. The SMILES string of the molecule is Fc1cc(F)c(NC2CCC(C(F)(F)F)CC2)c(Cl)c1. The second kappa shape index (κ2) is 5.76. The first-order valence-electron chi connectivity index (χ1n) is 6.25. The van der Waals surface area contributed by atoms with E-state index in [2.05, 4.69) is 5.32 Å². The Labute approximate surface area is 118 Å². The van der Waals surface area contributed by atoms with E-state index in [1.165, 1.54) is 0 Å². The van der Waals surface area contributed by atoms with Gasteiger partial charge in [0.05, 0.1) is 16.6 Å². The lowest BCUT2D eigenvalue weighted by Gasteiger charge is -2.31. The number of benzene rings is 1. The highest BCUT2D eigenvalue weighted by Gasteiger charge is 2.41. The lowest BCUT2D eigenvalue weighted by atomic mass is 9.85. The molecule has 0 heterocycles. The summed E-state index contributed by atoms with van der Waals surface area (Å²) in [6.07, 6.45) is -3.62. The molecule has 0 unspecified atom stereocenters. The van der Waals surface area contributed by atoms with Gasteiger partial charge in [-0.1, -0.05) is 11.6 Å². The second-order valence-corrected chi connectivity index (χ2v) is 5.39. The third kappa shape index (κ3) is 3.53. The van der Waals surface area contributed by atoms with Crippen LogP contribution in [0, 0.1) is 17.6 Å². The van der Waals surface area contributed by atoms with Crippen molar-refractivity contribution in [2.75, 3.05) is 5.32 Å². The molecule has 20 heavy (non-hydrogen) atoms. The predicted octanol–water partition coefficient (Wildman–Crippen LogP) is 5.15. The highest BCUT2D eigenvalue weighted by Crippen LogP contribution is 2.39. The minimum absolute atomic E-state index is 0.00159. The van der Waals surface area contributed by atoms with Crippen molar-refractivity contribution in [1.29, 1.82) is 0 Å². The number of anilines is 1. The van der Waals surface area contributed by atoms with Gasteiger partial charge in [0.2, 0.25) is 0 Å². The second-order valence-electron chi connectivity index (χ2n) is 4.98. The average molecular weight is 314 g/mol. The van der Waals surface area contributed by atoms with Crippen LogP contribution in [0.2, 0.25) is 5.02 Å². The minimum atomic E-state index is -4.18. The maximum atomic E-state index is 13.6. The number of nitrogens with one attached hydrogen (secondary N) is 1. The molecule has 1 nitrogen and oxygen atoms in total. The summed E-state index contributed by atoms with van der Waals surface area (Å²) in [5, 5.41) is 2.66. The van der Waals surface area contributed by atoms with E-state index in [4.69, 9.17) is 11.6 Å². The molecule has 112 valence electrons. The largest absolute Gasteiger partial charge is 0.391 e. The quantitative estimate of drug-likeness (QED) is 0.744. The van der Waals surface area contributed by atoms with E-state index in [1.54, 1.807) is 0 Å². The molecule has 0 bridgehead atoms. The van der Waals surface area contributed by atoms with Crippen LogP contribution < -0.4 is 5.32 Å². The first kappa shape index (κ1) is 15.4. The van der Waals surface area contributed by atoms with Crippen molar-refractivity contribution < 1.29 is 22.0 Å². The third-order valence-corrected chi connectivity index (χ3v) is 3.84. The van der Waals surface area contributed by atoms with Crippen molar-refractivity contribution in [2.24, 2.45) is 5.92 Å². The van der Waals surface area contributed by atoms with E-state index in [0.717, 1.165) is 6.07 Å². The normalized spacial score (nSPS) is 23.7. The summed E-state index contributed by atoms with van der Waals surface area (Å²) in [5.41, 5.74) is -0.0523. The first-order chi connectivity index (χ1) is 9.27. The van der Waals surface area contributed by atoms with E-state index in [-0.39, 0.29) is 42.4 Å². The molecule has 0 saturated heterocycles. The van der Waals surface area contributed by atoms with Gasteiger partial charge in [-0.2, -0.15) is 13.2 Å². The Bertz CT molecular complexity index is 457. The van der Waals surface area contributed by atoms with E-state index < -0.39 is 23.7 Å². The van der Waals surface area contributed by atoms with Gasteiger partial charge in [0.1, 0.15) is 5.82 Å². The summed E-state index contributed by atoms with van der Waals surface area (Å²) in [6.45, 7) is 0. The van der Waals surface area contributed by atoms with Crippen LogP contribution in [0.4, 0.5) is 27.6 Å². The molecule has 2 rings (SSSR count). The Morgan fingerprint density at radius 1 is 1.05 bits per heavy atom. The average Bonchev–Trinajstić information content (AvgIpc) is 2.33. The Hall–Kier alpha value is -1.04. The number of hydrogen-bond donors (Lipinski definition) is 1. The van der Waals surface area contributed by atoms with Gasteiger partial charge >= 0.3 is 6.18 Å². The molecular formula is C13H13ClF5N. The van der Waals surface area contributed by atoms with Crippen LogP contribution in [0.5, 0.6) is 0 Å². The van der Waals surface area contributed by atoms with E-state index in [1.807, 2.05) is 0 Å². The van der Waals surface area contributed by atoms with Crippen LogP contribution in [-0.2, 0) is 0 Å². The van der Waals surface area contributed by atoms with E-state index in [9.17, 15) is 22.0 Å². The van der Waals surface area contributed by atoms with Crippen molar-refractivity contribution >= 4 is 17.3 Å². The monoisotopic (exact) mass is 313 g/mol. The molecule has 0 aromatic heterocycles. The summed E-state index contributed by atoms with van der Waals surface area (Å²) in [6, 6.07) is 1.37. The van der Waals surface area contributed by atoms with Gasteiger partial charge in [0.25, 0.3) is 0 Å². The Morgan fingerprint density at radius 3 is 2.15 bits per heavy atom. The van der Waals surface area contributed by atoms with Crippen molar-refractivity contribution in [3.05, 3.63) is 28.8 Å². The Balaban J connectivity index is 2.00. The van der Waals surface area contributed by atoms with Crippen molar-refractivity contribution in [1.82, 2.24) is 0 Å². The summed E-state index contributed by atoms with van der Waals surface area (Å²) in [4.78, 5) is 0. The lowest BCUT2D eigenvalue weighted by Crippen LogP contribution is -2.33. The van der Waals surface area contributed by atoms with E-state index in [0.29, 0.717) is 6.07 Å². The summed E-state index contributed by atoms with van der Waals surface area (Å²) < 4.78 is 64.0. The van der Waals surface area contributed by atoms with Crippen LogP contribution >= 0.6 is 11.6 Å². The molecule has 0 amide bonds. The number of hydrogen-bond acceptors (Lipinski definition) is 1. The predicted molar refractivity (Wildman–Crippen MR) is 66.8 cm³/mol. The fraction of sp³-hybridized carbons (Fsp3) is 0.538. The lowest BCUT2D eigenvalue weighted by molar-refractivity contribution is -0.182. The molecule has 1 aromatic carbocycles. The van der Waals surface area contributed by atoms with Crippen molar-refractivity contribution in [3.63, 3.8) is 0 Å². The highest BCUT2D eigenvalue weighted by atomic mass is 35.5. The van der Waals surface area contributed by atoms with Gasteiger partial charge in [0, 0.05) is 12.1 Å². The third-order valence-electron chi connectivity index (χ3n) is 3.55. The molecule has 1 N–H and O–H groups in total. The van der Waals surface area contributed by atoms with Crippen LogP contribution in [0.15, 0.2) is 12.1 Å². The van der Waals surface area contributed by atoms with Crippen LogP contribution in [0.1, 0.15) is 25.7 Å². The molecule has 0 atom stereocenters. The van der Waals surface area contributed by atoms with Gasteiger partial charge in [-0.25, -0.2) is 8.78 Å². The van der Waals surface area contributed by atoms with Gasteiger partial charge in [-0.15, -0.1) is 0 Å². The zero-order chi connectivity index (χ0) is 14.9.